The van der Waals surface area contributed by atoms with Gasteiger partial charge in [-0.25, -0.2) is 4.98 Å². The maximum absolute atomic E-state index is 5.61. The third-order valence-electron chi connectivity index (χ3n) is 2.19. The number of rotatable bonds is 4. The topological polar surface area (TPSA) is 112 Å². The van der Waals surface area contributed by atoms with Crippen molar-refractivity contribution < 1.29 is 4.74 Å². The van der Waals surface area contributed by atoms with Crippen LogP contribution in [0.4, 0.5) is 0 Å². The number of guanidine groups is 1. The molecular weight excluding hydrogens is 256 g/mol. The Bertz CT molecular complexity index is 649. The molecule has 0 aliphatic heterocycles. The van der Waals surface area contributed by atoms with Gasteiger partial charge in [0.05, 0.1) is 18.1 Å². The average Bonchev–Trinajstić information content (AvgIpc) is 2.39. The van der Waals surface area contributed by atoms with Gasteiger partial charge in [-0.15, -0.1) is 5.10 Å². The average molecular weight is 270 g/mol. The number of aryl methyl sites for hydroxylation is 1. The largest absolute Gasteiger partial charge is 0.437 e. The van der Waals surface area contributed by atoms with Crippen molar-refractivity contribution in [1.29, 1.82) is 0 Å². The van der Waals surface area contributed by atoms with E-state index in [9.17, 15) is 0 Å². The van der Waals surface area contributed by atoms with E-state index in [1.54, 1.807) is 18.5 Å². The van der Waals surface area contributed by atoms with Crippen molar-refractivity contribution in [3.05, 3.63) is 47.9 Å². The zero-order valence-corrected chi connectivity index (χ0v) is 10.9. The Labute approximate surface area is 116 Å². The maximum atomic E-state index is 5.61. The Balaban J connectivity index is 2.14. The van der Waals surface area contributed by atoms with Gasteiger partial charge in [0.15, 0.2) is 0 Å². The van der Waals surface area contributed by atoms with Gasteiger partial charge in [0, 0.05) is 6.20 Å². The van der Waals surface area contributed by atoms with Gasteiger partial charge in [0.25, 0.3) is 0 Å². The molecule has 0 aliphatic carbocycles. The molecule has 0 radical (unpaired) electrons. The minimum Gasteiger partial charge on any atom is -0.437 e. The molecule has 102 valence electrons. The summed E-state index contributed by atoms with van der Waals surface area (Å²) in [4.78, 5) is 8.22. The predicted octanol–water partition coefficient (Wildman–Crippen LogP) is 1.18. The minimum atomic E-state index is -0.0938. The van der Waals surface area contributed by atoms with Gasteiger partial charge in [-0.3, -0.25) is 4.98 Å². The second-order valence-corrected chi connectivity index (χ2v) is 3.94. The lowest BCUT2D eigenvalue weighted by atomic mass is 10.2. The van der Waals surface area contributed by atoms with Gasteiger partial charge in [0.2, 0.25) is 11.8 Å². The molecule has 1 aromatic heterocycles. The second kappa shape index (κ2) is 6.28. The van der Waals surface area contributed by atoms with Crippen LogP contribution in [0.15, 0.2) is 46.9 Å². The highest BCUT2D eigenvalue weighted by Crippen LogP contribution is 2.19. The first-order chi connectivity index (χ1) is 9.63. The summed E-state index contributed by atoms with van der Waals surface area (Å²) in [5.74, 6) is 0.963. The molecule has 2 aromatic rings. The van der Waals surface area contributed by atoms with E-state index < -0.39 is 0 Å². The molecule has 4 N–H and O–H groups in total. The van der Waals surface area contributed by atoms with Crippen molar-refractivity contribution in [2.75, 3.05) is 0 Å². The Morgan fingerprint density at radius 2 is 2.15 bits per heavy atom. The molecule has 20 heavy (non-hydrogen) atoms. The van der Waals surface area contributed by atoms with E-state index in [0.717, 1.165) is 11.3 Å². The minimum absolute atomic E-state index is 0.0938. The highest BCUT2D eigenvalue weighted by Gasteiger charge is 2.00. The monoisotopic (exact) mass is 270 g/mol. The summed E-state index contributed by atoms with van der Waals surface area (Å²) in [6.45, 7) is 1.85. The number of benzene rings is 1. The fourth-order valence-electron chi connectivity index (χ4n) is 1.43. The number of nitrogens with two attached hydrogens (primary N) is 2. The van der Waals surface area contributed by atoms with Gasteiger partial charge in [-0.2, -0.15) is 5.10 Å². The van der Waals surface area contributed by atoms with Crippen LogP contribution in [0.25, 0.3) is 0 Å². The fourth-order valence-corrected chi connectivity index (χ4v) is 1.43. The molecule has 0 bridgehead atoms. The lowest BCUT2D eigenvalue weighted by Gasteiger charge is -2.05. The number of aromatic nitrogens is 2. The van der Waals surface area contributed by atoms with Gasteiger partial charge in [-0.05, 0) is 24.6 Å². The van der Waals surface area contributed by atoms with E-state index in [0.29, 0.717) is 11.6 Å². The van der Waals surface area contributed by atoms with E-state index in [2.05, 4.69) is 20.2 Å². The smallest absolute Gasteiger partial charge is 0.238 e. The maximum Gasteiger partial charge on any atom is 0.238 e. The number of hydrogen-bond donors (Lipinski definition) is 2. The zero-order chi connectivity index (χ0) is 14.4. The summed E-state index contributed by atoms with van der Waals surface area (Å²) in [5.41, 5.74) is 11.9. The van der Waals surface area contributed by atoms with Crippen molar-refractivity contribution in [2.24, 2.45) is 21.7 Å². The SMILES string of the molecule is Cc1cncc(Oc2cccc(C=NN=C(N)N)c2)n1. The van der Waals surface area contributed by atoms with Crippen molar-refractivity contribution in [3.8, 4) is 11.6 Å². The lowest BCUT2D eigenvalue weighted by molar-refractivity contribution is 0.458. The van der Waals surface area contributed by atoms with Gasteiger partial charge < -0.3 is 16.2 Å². The molecule has 1 heterocycles. The first-order valence-electron chi connectivity index (χ1n) is 5.82. The van der Waals surface area contributed by atoms with E-state index >= 15 is 0 Å². The molecule has 0 spiro atoms. The summed E-state index contributed by atoms with van der Waals surface area (Å²) >= 11 is 0. The van der Waals surface area contributed by atoms with E-state index in [4.69, 9.17) is 16.2 Å². The molecular formula is C13H14N6O. The molecule has 0 fully saturated rings. The molecule has 0 atom stereocenters. The summed E-state index contributed by atoms with van der Waals surface area (Å²) < 4.78 is 5.61. The third-order valence-corrected chi connectivity index (χ3v) is 2.19. The standard InChI is InChI=1S/C13H14N6O/c1-9-6-16-8-12(18-9)20-11-4-2-3-10(5-11)7-17-19-13(14)15/h2-8H,1H3,(H4,14,15,19). The van der Waals surface area contributed by atoms with Crippen LogP contribution in [0.1, 0.15) is 11.3 Å². The van der Waals surface area contributed by atoms with Gasteiger partial charge in [-0.1, -0.05) is 12.1 Å². The van der Waals surface area contributed by atoms with Crippen LogP contribution < -0.4 is 16.2 Å². The quantitative estimate of drug-likeness (QED) is 0.492. The van der Waals surface area contributed by atoms with Crippen LogP contribution in [0, 0.1) is 6.92 Å². The molecule has 1 aromatic carbocycles. The second-order valence-electron chi connectivity index (χ2n) is 3.94. The van der Waals surface area contributed by atoms with Crippen LogP contribution in [-0.2, 0) is 0 Å². The summed E-state index contributed by atoms with van der Waals surface area (Å²) in [5, 5.41) is 7.26. The Morgan fingerprint density at radius 3 is 2.90 bits per heavy atom. The van der Waals surface area contributed by atoms with Crippen LogP contribution in [0.2, 0.25) is 0 Å². The molecule has 2 rings (SSSR count). The van der Waals surface area contributed by atoms with Crippen LogP contribution in [0.5, 0.6) is 11.6 Å². The Morgan fingerprint density at radius 1 is 1.30 bits per heavy atom. The molecule has 0 saturated heterocycles. The summed E-state index contributed by atoms with van der Waals surface area (Å²) in [7, 11) is 0. The van der Waals surface area contributed by atoms with E-state index in [1.165, 1.54) is 6.21 Å². The third kappa shape index (κ3) is 4.05. The van der Waals surface area contributed by atoms with Crippen molar-refractivity contribution in [1.82, 2.24) is 9.97 Å². The molecule has 7 heteroatoms. The molecule has 0 saturated carbocycles. The summed E-state index contributed by atoms with van der Waals surface area (Å²) in [6, 6.07) is 7.27. The highest BCUT2D eigenvalue weighted by molar-refractivity contribution is 5.82. The number of ether oxygens (including phenoxy) is 1. The first kappa shape index (κ1) is 13.5. The lowest BCUT2D eigenvalue weighted by Crippen LogP contribution is -2.21. The van der Waals surface area contributed by atoms with Crippen LogP contribution >= 0.6 is 0 Å². The normalized spacial score (nSPS) is 10.4. The molecule has 0 amide bonds. The zero-order valence-electron chi connectivity index (χ0n) is 10.9. The van der Waals surface area contributed by atoms with Crippen LogP contribution in [-0.4, -0.2) is 22.1 Å². The summed E-state index contributed by atoms with van der Waals surface area (Å²) in [6.07, 6.45) is 4.73. The van der Waals surface area contributed by atoms with E-state index in [1.807, 2.05) is 25.1 Å². The van der Waals surface area contributed by atoms with Crippen molar-refractivity contribution in [2.45, 2.75) is 6.92 Å². The van der Waals surface area contributed by atoms with Gasteiger partial charge >= 0.3 is 0 Å². The number of nitrogens with zero attached hydrogens (tertiary/aromatic N) is 4. The van der Waals surface area contributed by atoms with Crippen LogP contribution in [0.3, 0.4) is 0 Å². The first-order valence-corrected chi connectivity index (χ1v) is 5.82. The molecule has 0 unspecified atom stereocenters. The van der Waals surface area contributed by atoms with Crippen molar-refractivity contribution in [3.63, 3.8) is 0 Å². The van der Waals surface area contributed by atoms with E-state index in [-0.39, 0.29) is 5.96 Å². The highest BCUT2D eigenvalue weighted by atomic mass is 16.5. The Hall–Kier alpha value is -2.96. The molecule has 0 aliphatic rings. The predicted molar refractivity (Wildman–Crippen MR) is 76.7 cm³/mol. The van der Waals surface area contributed by atoms with Gasteiger partial charge in [0.1, 0.15) is 5.75 Å². The fraction of sp³-hybridized carbons (Fsp3) is 0.0769. The Kier molecular flexibility index (Phi) is 4.23. The molecule has 7 nitrogen and oxygen atoms in total. The van der Waals surface area contributed by atoms with Crippen molar-refractivity contribution >= 4 is 12.2 Å². The number of hydrogen-bond acceptors (Lipinski definition) is 5.